The van der Waals surface area contributed by atoms with Crippen LogP contribution in [0.5, 0.6) is 0 Å². The van der Waals surface area contributed by atoms with Crippen LogP contribution in [0.25, 0.3) is 0 Å². The van der Waals surface area contributed by atoms with E-state index in [4.69, 9.17) is 0 Å². The first-order valence-electron chi connectivity index (χ1n) is 8.98. The van der Waals surface area contributed by atoms with E-state index in [2.05, 4.69) is 10.2 Å². The second kappa shape index (κ2) is 7.64. The number of nitrogens with one attached hydrogen (secondary N) is 1. The number of β-amino-alcohol motifs (C(OH)–C–C–N with tert-alkyl or cyclic N) is 1. The maximum Gasteiger partial charge on any atom is 0.249 e. The van der Waals surface area contributed by atoms with Crippen LogP contribution in [0.2, 0.25) is 0 Å². The monoisotopic (exact) mass is 332 g/mol. The van der Waals surface area contributed by atoms with Gasteiger partial charge in [-0.3, -0.25) is 4.79 Å². The number of carbonyl (C=O) groups excluding carboxylic acids is 1. The molecule has 24 heavy (non-hydrogen) atoms. The van der Waals surface area contributed by atoms with Crippen molar-refractivity contribution >= 4 is 5.91 Å². The number of benzene rings is 1. The highest BCUT2D eigenvalue weighted by molar-refractivity contribution is 5.81. The predicted molar refractivity (Wildman–Crippen MR) is 92.5 cm³/mol. The van der Waals surface area contributed by atoms with Crippen molar-refractivity contribution < 1.29 is 15.0 Å². The highest BCUT2D eigenvalue weighted by atomic mass is 16.3. The summed E-state index contributed by atoms with van der Waals surface area (Å²) < 4.78 is 0. The zero-order valence-electron chi connectivity index (χ0n) is 14.3. The van der Waals surface area contributed by atoms with Gasteiger partial charge in [0.15, 0.2) is 0 Å². The maximum atomic E-state index is 11.9. The smallest absolute Gasteiger partial charge is 0.249 e. The molecule has 1 saturated heterocycles. The number of rotatable bonds is 6. The van der Waals surface area contributed by atoms with Crippen LogP contribution in [-0.4, -0.2) is 52.8 Å². The fourth-order valence-corrected chi connectivity index (χ4v) is 3.32. The molecule has 132 valence electrons. The normalized spacial score (nSPS) is 22.1. The summed E-state index contributed by atoms with van der Waals surface area (Å²) in [6, 6.07) is 8.26. The molecule has 5 heteroatoms. The summed E-state index contributed by atoms with van der Waals surface area (Å²) in [7, 11) is 0. The number of carbonyl (C=O) groups is 1. The second-order valence-corrected chi connectivity index (χ2v) is 7.29. The molecular weight excluding hydrogens is 304 g/mol. The number of hydrogen-bond donors (Lipinski definition) is 3. The minimum absolute atomic E-state index is 0.0246. The van der Waals surface area contributed by atoms with E-state index in [9.17, 15) is 15.0 Å². The summed E-state index contributed by atoms with van der Waals surface area (Å²) >= 11 is 0. The van der Waals surface area contributed by atoms with Crippen LogP contribution in [0.15, 0.2) is 24.3 Å². The first-order valence-corrected chi connectivity index (χ1v) is 8.98. The highest BCUT2D eigenvalue weighted by Gasteiger charge is 2.33. The molecule has 5 nitrogen and oxygen atoms in total. The Morgan fingerprint density at radius 2 is 1.79 bits per heavy atom. The van der Waals surface area contributed by atoms with Gasteiger partial charge in [-0.05, 0) is 57.2 Å². The fraction of sp³-hybridized carbons (Fsp3) is 0.632. The van der Waals surface area contributed by atoms with E-state index < -0.39 is 12.2 Å². The Morgan fingerprint density at radius 3 is 2.38 bits per heavy atom. The molecule has 1 aromatic rings. The van der Waals surface area contributed by atoms with E-state index in [-0.39, 0.29) is 17.9 Å². The molecule has 1 saturated carbocycles. The molecule has 1 aliphatic heterocycles. The van der Waals surface area contributed by atoms with Crippen LogP contribution in [0, 0.1) is 12.8 Å². The maximum absolute atomic E-state index is 11.9. The largest absolute Gasteiger partial charge is 0.387 e. The zero-order chi connectivity index (χ0) is 17.1. The zero-order valence-corrected chi connectivity index (χ0v) is 14.3. The Kier molecular flexibility index (Phi) is 5.54. The van der Waals surface area contributed by atoms with Crippen molar-refractivity contribution in [3.8, 4) is 0 Å². The quantitative estimate of drug-likeness (QED) is 0.736. The number of aliphatic hydroxyl groups excluding tert-OH is 2. The van der Waals surface area contributed by atoms with E-state index in [0.29, 0.717) is 6.54 Å². The van der Waals surface area contributed by atoms with Crippen molar-refractivity contribution in [1.29, 1.82) is 0 Å². The molecule has 0 bridgehead atoms. The number of aliphatic hydroxyl groups is 2. The minimum atomic E-state index is -0.894. The number of amides is 1. The van der Waals surface area contributed by atoms with Gasteiger partial charge < -0.3 is 20.4 Å². The molecule has 0 aromatic heterocycles. The molecule has 2 aliphatic rings. The number of piperidine rings is 1. The molecule has 1 heterocycles. The molecule has 0 radical (unpaired) electrons. The second-order valence-electron chi connectivity index (χ2n) is 7.29. The van der Waals surface area contributed by atoms with Crippen LogP contribution in [-0.2, 0) is 4.79 Å². The molecular formula is C19H28N2O3. The third-order valence-electron chi connectivity index (χ3n) is 5.16. The average Bonchev–Trinajstić information content (AvgIpc) is 3.39. The van der Waals surface area contributed by atoms with Crippen molar-refractivity contribution in [2.45, 2.75) is 50.9 Å². The lowest BCUT2D eigenvalue weighted by atomic mass is 9.90. The minimum Gasteiger partial charge on any atom is -0.387 e. The number of aryl methyl sites for hydroxylation is 1. The van der Waals surface area contributed by atoms with Gasteiger partial charge in [-0.25, -0.2) is 0 Å². The van der Waals surface area contributed by atoms with Crippen molar-refractivity contribution in [3.63, 3.8) is 0 Å². The van der Waals surface area contributed by atoms with E-state index in [1.54, 1.807) is 0 Å². The van der Waals surface area contributed by atoms with Crippen molar-refractivity contribution in [1.82, 2.24) is 10.2 Å². The molecule has 3 rings (SSSR count). The number of nitrogens with zero attached hydrogens (tertiary/aromatic N) is 1. The topological polar surface area (TPSA) is 72.8 Å². The van der Waals surface area contributed by atoms with E-state index in [1.807, 2.05) is 31.2 Å². The predicted octanol–water partition coefficient (Wildman–Crippen LogP) is 1.38. The summed E-state index contributed by atoms with van der Waals surface area (Å²) in [5, 5.41) is 23.5. The summed E-state index contributed by atoms with van der Waals surface area (Å²) in [5.74, 6) is -0.188. The van der Waals surface area contributed by atoms with Crippen molar-refractivity contribution in [2.24, 2.45) is 5.92 Å². The van der Waals surface area contributed by atoms with E-state index in [0.717, 1.165) is 44.3 Å². The first-order chi connectivity index (χ1) is 11.5. The van der Waals surface area contributed by atoms with Crippen molar-refractivity contribution in [3.05, 3.63) is 35.4 Å². The molecule has 1 aromatic carbocycles. The first kappa shape index (κ1) is 17.4. The van der Waals surface area contributed by atoms with Gasteiger partial charge >= 0.3 is 0 Å². The van der Waals surface area contributed by atoms with Gasteiger partial charge in [0.05, 0.1) is 6.10 Å². The fourth-order valence-electron chi connectivity index (χ4n) is 3.32. The lowest BCUT2D eigenvalue weighted by Gasteiger charge is -2.34. The van der Waals surface area contributed by atoms with Crippen LogP contribution < -0.4 is 5.32 Å². The summed E-state index contributed by atoms with van der Waals surface area (Å²) in [4.78, 5) is 14.2. The lowest BCUT2D eigenvalue weighted by Crippen LogP contribution is -2.45. The molecule has 1 amide bonds. The van der Waals surface area contributed by atoms with Crippen LogP contribution in [0.3, 0.4) is 0 Å². The third kappa shape index (κ3) is 4.56. The van der Waals surface area contributed by atoms with Crippen LogP contribution in [0.4, 0.5) is 0 Å². The van der Waals surface area contributed by atoms with Crippen molar-refractivity contribution in [2.75, 3.05) is 19.6 Å². The standard InChI is InChI=1S/C19H28N2O3/c1-13-2-4-14(5-3-13)17(22)12-21-10-8-15(9-11-21)18(23)19(24)20-16-6-7-16/h2-5,15-18,22-23H,6-12H2,1H3,(H,20,24)/t17-,18-/m0/s1. The molecule has 0 spiro atoms. The van der Waals surface area contributed by atoms with Gasteiger partial charge in [-0.2, -0.15) is 0 Å². The Balaban J connectivity index is 1.44. The summed E-state index contributed by atoms with van der Waals surface area (Å²) in [6.45, 7) is 4.24. The highest BCUT2D eigenvalue weighted by Crippen LogP contribution is 2.25. The summed E-state index contributed by atoms with van der Waals surface area (Å²) in [6.07, 6.45) is 2.27. The Morgan fingerprint density at radius 1 is 1.17 bits per heavy atom. The molecule has 1 aliphatic carbocycles. The van der Waals surface area contributed by atoms with Gasteiger partial charge in [-0.15, -0.1) is 0 Å². The van der Waals surface area contributed by atoms with Gasteiger partial charge in [0.1, 0.15) is 6.10 Å². The molecule has 3 N–H and O–H groups in total. The lowest BCUT2D eigenvalue weighted by molar-refractivity contribution is -0.133. The number of likely N-dealkylation sites (tertiary alicyclic amines) is 1. The Labute approximate surface area is 143 Å². The average molecular weight is 332 g/mol. The van der Waals surface area contributed by atoms with Crippen LogP contribution >= 0.6 is 0 Å². The van der Waals surface area contributed by atoms with E-state index >= 15 is 0 Å². The van der Waals surface area contributed by atoms with E-state index in [1.165, 1.54) is 5.56 Å². The third-order valence-corrected chi connectivity index (χ3v) is 5.16. The van der Waals surface area contributed by atoms with Gasteiger partial charge in [-0.1, -0.05) is 29.8 Å². The SMILES string of the molecule is Cc1ccc([C@@H](O)CN2CCC([C@H](O)C(=O)NC3CC3)CC2)cc1. The Bertz CT molecular complexity index is 548. The molecule has 2 fully saturated rings. The Hall–Kier alpha value is -1.43. The summed E-state index contributed by atoms with van der Waals surface area (Å²) in [5.41, 5.74) is 2.12. The van der Waals surface area contributed by atoms with Gasteiger partial charge in [0.25, 0.3) is 0 Å². The molecule has 0 unspecified atom stereocenters. The molecule has 2 atom stereocenters. The number of hydrogen-bond acceptors (Lipinski definition) is 4. The van der Waals surface area contributed by atoms with Crippen LogP contribution in [0.1, 0.15) is 42.9 Å². The van der Waals surface area contributed by atoms with Gasteiger partial charge in [0, 0.05) is 12.6 Å². The van der Waals surface area contributed by atoms with Gasteiger partial charge in [0.2, 0.25) is 5.91 Å².